The monoisotopic (exact) mass is 224 g/mol. The van der Waals surface area contributed by atoms with E-state index in [9.17, 15) is 4.79 Å². The van der Waals surface area contributed by atoms with Gasteiger partial charge in [-0.3, -0.25) is 4.79 Å². The number of anilines is 1. The molecule has 1 aliphatic rings. The second kappa shape index (κ2) is 4.75. The molecule has 1 fully saturated rings. The fourth-order valence-corrected chi connectivity index (χ4v) is 2.92. The van der Waals surface area contributed by atoms with E-state index in [1.165, 1.54) is 56.1 Å². The highest BCUT2D eigenvalue weighted by atomic mass is 32.1. The van der Waals surface area contributed by atoms with Gasteiger partial charge in [-0.05, 0) is 12.8 Å². The molecule has 4 heteroatoms. The van der Waals surface area contributed by atoms with Gasteiger partial charge in [0.05, 0.1) is 5.69 Å². The number of rotatable bonds is 2. The van der Waals surface area contributed by atoms with Crippen molar-refractivity contribution >= 4 is 22.4 Å². The summed E-state index contributed by atoms with van der Waals surface area (Å²) in [7, 11) is 0. The van der Waals surface area contributed by atoms with Gasteiger partial charge in [0.1, 0.15) is 0 Å². The second-order valence-electron chi connectivity index (χ2n) is 4.09. The van der Waals surface area contributed by atoms with Crippen molar-refractivity contribution in [1.29, 1.82) is 0 Å². The van der Waals surface area contributed by atoms with Gasteiger partial charge in [-0.25, -0.2) is 4.98 Å². The van der Waals surface area contributed by atoms with Crippen LogP contribution in [-0.4, -0.2) is 10.9 Å². The molecule has 1 aliphatic carbocycles. The van der Waals surface area contributed by atoms with Crippen molar-refractivity contribution in [1.82, 2.24) is 4.98 Å². The van der Waals surface area contributed by atoms with Crippen LogP contribution in [0.5, 0.6) is 0 Å². The van der Waals surface area contributed by atoms with Crippen molar-refractivity contribution in [3.63, 3.8) is 0 Å². The Kier molecular flexibility index (Phi) is 3.36. The number of hydrogen-bond acceptors (Lipinski definition) is 3. The first-order chi connectivity index (χ1) is 7.25. The molecule has 0 atom stereocenters. The maximum atomic E-state index is 10.9. The Balaban J connectivity index is 2.02. The zero-order valence-corrected chi connectivity index (χ0v) is 9.77. The Morgan fingerprint density at radius 1 is 1.47 bits per heavy atom. The minimum atomic E-state index is -0.0421. The highest BCUT2D eigenvalue weighted by Gasteiger charge is 2.18. The molecule has 1 saturated carbocycles. The Morgan fingerprint density at radius 2 is 2.20 bits per heavy atom. The fraction of sp³-hybridized carbons (Fsp3) is 0.636. The lowest BCUT2D eigenvalue weighted by Gasteiger charge is -2.19. The highest BCUT2D eigenvalue weighted by molar-refractivity contribution is 7.13. The quantitative estimate of drug-likeness (QED) is 0.838. The van der Waals surface area contributed by atoms with Crippen LogP contribution in [0.2, 0.25) is 0 Å². The summed E-state index contributed by atoms with van der Waals surface area (Å²) >= 11 is 1.53. The SMILES string of the molecule is CC(=O)Nc1nc(C2CCCCC2)cs1. The van der Waals surface area contributed by atoms with Crippen LogP contribution >= 0.6 is 11.3 Å². The van der Waals surface area contributed by atoms with E-state index in [1.807, 2.05) is 0 Å². The maximum absolute atomic E-state index is 10.9. The first-order valence-corrected chi connectivity index (χ1v) is 6.36. The molecule has 0 aromatic carbocycles. The average Bonchev–Trinajstić information content (AvgIpc) is 2.67. The average molecular weight is 224 g/mol. The van der Waals surface area contributed by atoms with E-state index in [1.54, 1.807) is 0 Å². The van der Waals surface area contributed by atoms with Crippen LogP contribution in [-0.2, 0) is 4.79 Å². The minimum Gasteiger partial charge on any atom is -0.302 e. The molecule has 2 rings (SSSR count). The van der Waals surface area contributed by atoms with Gasteiger partial charge in [0.2, 0.25) is 5.91 Å². The number of nitrogens with one attached hydrogen (secondary N) is 1. The van der Waals surface area contributed by atoms with Crippen LogP contribution in [0.1, 0.15) is 50.6 Å². The van der Waals surface area contributed by atoms with Gasteiger partial charge in [-0.1, -0.05) is 19.3 Å². The molecular formula is C11H16N2OS. The molecule has 3 nitrogen and oxygen atoms in total. The first-order valence-electron chi connectivity index (χ1n) is 5.49. The molecule has 1 aromatic heterocycles. The maximum Gasteiger partial charge on any atom is 0.223 e. The third-order valence-electron chi connectivity index (χ3n) is 2.83. The van der Waals surface area contributed by atoms with Crippen LogP contribution in [0, 0.1) is 0 Å². The second-order valence-corrected chi connectivity index (χ2v) is 4.95. The Hall–Kier alpha value is -0.900. The molecule has 0 bridgehead atoms. The molecule has 0 aliphatic heterocycles. The zero-order chi connectivity index (χ0) is 10.7. The van der Waals surface area contributed by atoms with E-state index < -0.39 is 0 Å². The summed E-state index contributed by atoms with van der Waals surface area (Å²) in [6.45, 7) is 1.52. The topological polar surface area (TPSA) is 42.0 Å². The summed E-state index contributed by atoms with van der Waals surface area (Å²) in [4.78, 5) is 15.3. The predicted molar refractivity (Wildman–Crippen MR) is 62.2 cm³/mol. The molecule has 0 saturated heterocycles. The third-order valence-corrected chi connectivity index (χ3v) is 3.60. The van der Waals surface area contributed by atoms with E-state index >= 15 is 0 Å². The number of nitrogens with zero attached hydrogens (tertiary/aromatic N) is 1. The third kappa shape index (κ3) is 2.78. The van der Waals surface area contributed by atoms with E-state index in [2.05, 4.69) is 15.7 Å². The number of hydrogen-bond donors (Lipinski definition) is 1. The van der Waals surface area contributed by atoms with Gasteiger partial charge in [-0.15, -0.1) is 11.3 Å². The molecule has 1 N–H and O–H groups in total. The van der Waals surface area contributed by atoms with Gasteiger partial charge in [0.15, 0.2) is 5.13 Å². The lowest BCUT2D eigenvalue weighted by Crippen LogP contribution is -2.07. The van der Waals surface area contributed by atoms with E-state index in [0.29, 0.717) is 5.92 Å². The van der Waals surface area contributed by atoms with Crippen LogP contribution in [0.15, 0.2) is 5.38 Å². The summed E-state index contributed by atoms with van der Waals surface area (Å²) < 4.78 is 0. The summed E-state index contributed by atoms with van der Waals surface area (Å²) in [6.07, 6.45) is 6.50. The Bertz CT molecular complexity index is 342. The molecule has 1 amide bonds. The minimum absolute atomic E-state index is 0.0421. The number of aromatic nitrogens is 1. The van der Waals surface area contributed by atoms with Gasteiger partial charge in [-0.2, -0.15) is 0 Å². The summed E-state index contributed by atoms with van der Waals surface area (Å²) in [5.74, 6) is 0.581. The number of carbonyl (C=O) groups is 1. The highest BCUT2D eigenvalue weighted by Crippen LogP contribution is 2.33. The van der Waals surface area contributed by atoms with Gasteiger partial charge >= 0.3 is 0 Å². The van der Waals surface area contributed by atoms with Gasteiger partial charge in [0.25, 0.3) is 0 Å². The molecule has 15 heavy (non-hydrogen) atoms. The van der Waals surface area contributed by atoms with Crippen LogP contribution in [0.3, 0.4) is 0 Å². The lowest BCUT2D eigenvalue weighted by atomic mass is 9.87. The van der Waals surface area contributed by atoms with Crippen molar-refractivity contribution in [2.24, 2.45) is 0 Å². The summed E-state index contributed by atoms with van der Waals surface area (Å²) in [6, 6.07) is 0. The standard InChI is InChI=1S/C11H16N2OS/c1-8(14)12-11-13-10(7-15-11)9-5-3-2-4-6-9/h7,9H,2-6H2,1H3,(H,12,13,14). The van der Waals surface area contributed by atoms with Crippen molar-refractivity contribution < 1.29 is 4.79 Å². The van der Waals surface area contributed by atoms with Crippen molar-refractivity contribution in [3.8, 4) is 0 Å². The first kappa shape index (κ1) is 10.6. The summed E-state index contributed by atoms with van der Waals surface area (Å²) in [5, 5.41) is 5.56. The van der Waals surface area contributed by atoms with Gasteiger partial charge < -0.3 is 5.32 Å². The molecule has 82 valence electrons. The fourth-order valence-electron chi connectivity index (χ4n) is 2.08. The van der Waals surface area contributed by atoms with E-state index in [0.717, 1.165) is 5.13 Å². The molecule has 1 heterocycles. The normalized spacial score (nSPS) is 17.7. The number of amides is 1. The molecular weight excluding hydrogens is 208 g/mol. The van der Waals surface area contributed by atoms with Crippen molar-refractivity contribution in [2.75, 3.05) is 5.32 Å². The molecule has 0 radical (unpaired) electrons. The number of carbonyl (C=O) groups excluding carboxylic acids is 1. The van der Waals surface area contributed by atoms with E-state index in [4.69, 9.17) is 0 Å². The van der Waals surface area contributed by atoms with Gasteiger partial charge in [0, 0.05) is 18.2 Å². The molecule has 1 aromatic rings. The Morgan fingerprint density at radius 3 is 2.87 bits per heavy atom. The van der Waals surface area contributed by atoms with Crippen molar-refractivity contribution in [2.45, 2.75) is 44.9 Å². The Labute approximate surface area is 93.9 Å². The summed E-state index contributed by atoms with van der Waals surface area (Å²) in [5.41, 5.74) is 1.17. The smallest absolute Gasteiger partial charge is 0.223 e. The molecule has 0 spiro atoms. The van der Waals surface area contributed by atoms with Crippen LogP contribution in [0.4, 0.5) is 5.13 Å². The lowest BCUT2D eigenvalue weighted by molar-refractivity contribution is -0.114. The van der Waals surface area contributed by atoms with Crippen LogP contribution < -0.4 is 5.32 Å². The van der Waals surface area contributed by atoms with Crippen molar-refractivity contribution in [3.05, 3.63) is 11.1 Å². The predicted octanol–water partition coefficient (Wildman–Crippen LogP) is 3.15. The largest absolute Gasteiger partial charge is 0.302 e. The van der Waals surface area contributed by atoms with E-state index in [-0.39, 0.29) is 5.91 Å². The zero-order valence-electron chi connectivity index (χ0n) is 8.95. The van der Waals surface area contributed by atoms with Crippen LogP contribution in [0.25, 0.3) is 0 Å². The number of thiazole rings is 1. The molecule has 0 unspecified atom stereocenters.